The monoisotopic (exact) mass is 347 g/mol. The van der Waals surface area contributed by atoms with Crippen molar-refractivity contribution in [3.05, 3.63) is 71.1 Å². The molecular weight excluding hydrogens is 334 g/mol. The van der Waals surface area contributed by atoms with Gasteiger partial charge in [-0.3, -0.25) is 10.1 Å². The van der Waals surface area contributed by atoms with E-state index in [0.29, 0.717) is 10.7 Å². The number of aromatic hydroxyl groups is 1. The van der Waals surface area contributed by atoms with E-state index in [0.717, 1.165) is 11.3 Å². The van der Waals surface area contributed by atoms with E-state index in [4.69, 9.17) is 0 Å². The number of hydrogen-bond acceptors (Lipinski definition) is 5. The molecule has 2 aromatic carbocycles. The van der Waals surface area contributed by atoms with Crippen LogP contribution in [-0.4, -0.2) is 16.0 Å². The van der Waals surface area contributed by atoms with Crippen LogP contribution >= 0.6 is 11.3 Å². The van der Waals surface area contributed by atoms with Gasteiger partial charge in [0.15, 0.2) is 5.13 Å². The topological polar surface area (TPSA) is 86.0 Å². The summed E-state index contributed by atoms with van der Waals surface area (Å²) in [6.45, 7) is 0. The lowest BCUT2D eigenvalue weighted by molar-refractivity contribution is -0.112. The van der Waals surface area contributed by atoms with E-state index >= 15 is 0 Å². The van der Waals surface area contributed by atoms with Crippen molar-refractivity contribution in [1.29, 1.82) is 5.26 Å². The Balaban J connectivity index is 1.76. The molecule has 6 heteroatoms. The van der Waals surface area contributed by atoms with Gasteiger partial charge < -0.3 is 5.11 Å². The molecule has 5 nitrogen and oxygen atoms in total. The number of nitrogens with one attached hydrogen (secondary N) is 1. The van der Waals surface area contributed by atoms with Gasteiger partial charge in [-0.2, -0.15) is 5.26 Å². The molecule has 1 heterocycles. The summed E-state index contributed by atoms with van der Waals surface area (Å²) in [5.74, 6) is -0.402. The first-order valence-corrected chi connectivity index (χ1v) is 8.27. The van der Waals surface area contributed by atoms with Crippen LogP contribution < -0.4 is 5.32 Å². The number of carbonyl (C=O) groups is 1. The van der Waals surface area contributed by atoms with E-state index in [2.05, 4.69) is 10.3 Å². The van der Waals surface area contributed by atoms with E-state index in [-0.39, 0.29) is 11.3 Å². The third kappa shape index (κ3) is 4.10. The lowest BCUT2D eigenvalue weighted by Crippen LogP contribution is -2.13. The van der Waals surface area contributed by atoms with E-state index in [9.17, 15) is 15.2 Å². The molecule has 0 aliphatic heterocycles. The van der Waals surface area contributed by atoms with Crippen LogP contribution in [-0.2, 0) is 4.79 Å². The van der Waals surface area contributed by atoms with Gasteiger partial charge in [-0.15, -0.1) is 11.3 Å². The average Bonchev–Trinajstić information content (AvgIpc) is 3.10. The first-order valence-electron chi connectivity index (χ1n) is 7.39. The standard InChI is InChI=1S/C19H13N3O2S/c20-11-15(10-13-6-8-16(23)9-7-13)18(24)22-19-21-17(12-25-19)14-4-2-1-3-5-14/h1-10,12,23H,(H,21,22,24). The molecule has 2 N–H and O–H groups in total. The smallest absolute Gasteiger partial charge is 0.268 e. The third-order valence-corrected chi connectivity index (χ3v) is 4.12. The molecule has 0 bridgehead atoms. The van der Waals surface area contributed by atoms with Gasteiger partial charge in [-0.25, -0.2) is 4.98 Å². The van der Waals surface area contributed by atoms with E-state index in [1.54, 1.807) is 12.1 Å². The molecule has 0 atom stereocenters. The summed E-state index contributed by atoms with van der Waals surface area (Å²) in [4.78, 5) is 16.6. The second-order valence-electron chi connectivity index (χ2n) is 5.12. The lowest BCUT2D eigenvalue weighted by atomic mass is 10.1. The van der Waals surface area contributed by atoms with Crippen LogP contribution in [0.15, 0.2) is 65.6 Å². The Labute approximate surface area is 148 Å². The summed E-state index contributed by atoms with van der Waals surface area (Å²) in [6.07, 6.45) is 1.46. The molecule has 0 radical (unpaired) electrons. The fourth-order valence-electron chi connectivity index (χ4n) is 2.12. The molecule has 0 saturated heterocycles. The molecule has 25 heavy (non-hydrogen) atoms. The summed E-state index contributed by atoms with van der Waals surface area (Å²) in [5, 5.41) is 23.4. The minimum absolute atomic E-state index is 0.0397. The first kappa shape index (κ1) is 16.4. The number of nitrogens with zero attached hydrogens (tertiary/aromatic N) is 2. The molecule has 0 saturated carbocycles. The Hall–Kier alpha value is -3.43. The molecule has 3 aromatic rings. The number of hydrogen-bond donors (Lipinski definition) is 2. The van der Waals surface area contributed by atoms with Crippen LogP contribution in [0.2, 0.25) is 0 Å². The van der Waals surface area contributed by atoms with Crippen LogP contribution in [0.25, 0.3) is 17.3 Å². The Bertz CT molecular complexity index is 954. The number of anilines is 1. The maximum atomic E-state index is 12.3. The van der Waals surface area contributed by atoms with Crippen LogP contribution in [0, 0.1) is 11.3 Å². The van der Waals surface area contributed by atoms with E-state index in [1.807, 2.05) is 41.8 Å². The molecule has 0 unspecified atom stereocenters. The molecule has 122 valence electrons. The van der Waals surface area contributed by atoms with Crippen molar-refractivity contribution in [3.8, 4) is 23.1 Å². The van der Waals surface area contributed by atoms with Crippen molar-refractivity contribution in [2.75, 3.05) is 5.32 Å². The highest BCUT2D eigenvalue weighted by Crippen LogP contribution is 2.25. The minimum Gasteiger partial charge on any atom is -0.508 e. The van der Waals surface area contributed by atoms with Crippen molar-refractivity contribution in [3.63, 3.8) is 0 Å². The molecule has 1 amide bonds. The first-order chi connectivity index (χ1) is 12.2. The fraction of sp³-hybridized carbons (Fsp3) is 0. The van der Waals surface area contributed by atoms with E-state index < -0.39 is 5.91 Å². The number of phenols is 1. The average molecular weight is 347 g/mol. The van der Waals surface area contributed by atoms with Crippen molar-refractivity contribution >= 4 is 28.5 Å². The quantitative estimate of drug-likeness (QED) is 0.550. The molecule has 3 rings (SSSR count). The second kappa shape index (κ2) is 7.43. The largest absolute Gasteiger partial charge is 0.508 e. The minimum atomic E-state index is -0.524. The molecule has 1 aromatic heterocycles. The number of phenolic OH excluding ortho intramolecular Hbond substituents is 1. The number of benzene rings is 2. The van der Waals surface area contributed by atoms with Gasteiger partial charge in [0.05, 0.1) is 5.69 Å². The van der Waals surface area contributed by atoms with Crippen molar-refractivity contribution in [2.45, 2.75) is 0 Å². The van der Waals surface area contributed by atoms with Gasteiger partial charge in [0.2, 0.25) is 0 Å². The SMILES string of the molecule is N#CC(=Cc1ccc(O)cc1)C(=O)Nc1nc(-c2ccccc2)cs1. The predicted molar refractivity (Wildman–Crippen MR) is 97.9 cm³/mol. The maximum absolute atomic E-state index is 12.3. The zero-order valence-electron chi connectivity index (χ0n) is 13.0. The Morgan fingerprint density at radius 2 is 1.88 bits per heavy atom. The molecule has 0 aliphatic rings. The summed E-state index contributed by atoms with van der Waals surface area (Å²) in [7, 11) is 0. The predicted octanol–water partition coefficient (Wildman–Crippen LogP) is 4.06. The molecule has 0 fully saturated rings. The zero-order valence-corrected chi connectivity index (χ0v) is 13.8. The number of carbonyl (C=O) groups excluding carboxylic acids is 1. The number of aromatic nitrogens is 1. The van der Waals surface area contributed by atoms with Crippen molar-refractivity contribution in [1.82, 2.24) is 4.98 Å². The molecule has 0 spiro atoms. The van der Waals surface area contributed by atoms with Gasteiger partial charge in [0.1, 0.15) is 17.4 Å². The third-order valence-electron chi connectivity index (χ3n) is 3.36. The summed E-state index contributed by atoms with van der Waals surface area (Å²) >= 11 is 1.30. The number of nitriles is 1. The number of amides is 1. The lowest BCUT2D eigenvalue weighted by Gasteiger charge is -2.01. The van der Waals surface area contributed by atoms with Gasteiger partial charge in [0.25, 0.3) is 5.91 Å². The van der Waals surface area contributed by atoms with Gasteiger partial charge in [0, 0.05) is 10.9 Å². The van der Waals surface area contributed by atoms with Crippen molar-refractivity contribution in [2.24, 2.45) is 0 Å². The number of thiazole rings is 1. The number of rotatable bonds is 4. The van der Waals surface area contributed by atoms with Crippen LogP contribution in [0.5, 0.6) is 5.75 Å². The molecule has 0 aliphatic carbocycles. The summed E-state index contributed by atoms with van der Waals surface area (Å²) in [5.41, 5.74) is 2.33. The fourth-order valence-corrected chi connectivity index (χ4v) is 2.84. The van der Waals surface area contributed by atoms with Crippen LogP contribution in [0.1, 0.15) is 5.56 Å². The second-order valence-corrected chi connectivity index (χ2v) is 5.98. The summed E-state index contributed by atoms with van der Waals surface area (Å²) < 4.78 is 0. The van der Waals surface area contributed by atoms with E-state index in [1.165, 1.54) is 29.5 Å². The Morgan fingerprint density at radius 1 is 1.16 bits per heavy atom. The maximum Gasteiger partial charge on any atom is 0.268 e. The summed E-state index contributed by atoms with van der Waals surface area (Å²) in [6, 6.07) is 17.7. The highest BCUT2D eigenvalue weighted by atomic mass is 32.1. The Morgan fingerprint density at radius 3 is 2.56 bits per heavy atom. The van der Waals surface area contributed by atoms with Gasteiger partial charge in [-0.05, 0) is 23.8 Å². The molecular formula is C19H13N3O2S. The normalized spacial score (nSPS) is 10.9. The van der Waals surface area contributed by atoms with Crippen LogP contribution in [0.4, 0.5) is 5.13 Å². The highest BCUT2D eigenvalue weighted by Gasteiger charge is 2.12. The zero-order chi connectivity index (χ0) is 17.6. The van der Waals surface area contributed by atoms with Crippen LogP contribution in [0.3, 0.4) is 0 Å². The highest BCUT2D eigenvalue weighted by molar-refractivity contribution is 7.14. The van der Waals surface area contributed by atoms with Gasteiger partial charge in [-0.1, -0.05) is 42.5 Å². The van der Waals surface area contributed by atoms with Gasteiger partial charge >= 0.3 is 0 Å². The van der Waals surface area contributed by atoms with Crippen molar-refractivity contribution < 1.29 is 9.90 Å². The Kier molecular flexibility index (Phi) is 4.88.